The number of para-hydroxylation sites is 4. The maximum atomic E-state index is 5.12. The van der Waals surface area contributed by atoms with E-state index in [2.05, 4.69) is 0 Å². The van der Waals surface area contributed by atoms with Crippen molar-refractivity contribution in [1.29, 1.82) is 0 Å². The fourth-order valence-electron chi connectivity index (χ4n) is 3.03. The van der Waals surface area contributed by atoms with Crippen LogP contribution in [0.5, 0.6) is 0 Å². The van der Waals surface area contributed by atoms with E-state index in [1.54, 1.807) is 0 Å². The molecule has 33 heavy (non-hydrogen) atoms. The summed E-state index contributed by atoms with van der Waals surface area (Å²) >= 11 is 20.5. The van der Waals surface area contributed by atoms with E-state index in [9.17, 15) is 0 Å². The van der Waals surface area contributed by atoms with Gasteiger partial charge in [0.15, 0.2) is 0 Å². The topological polar surface area (TPSA) is 6.48 Å². The van der Waals surface area contributed by atoms with Gasteiger partial charge in [0.05, 0.1) is 0 Å². The second-order valence-electron chi connectivity index (χ2n) is 6.54. The van der Waals surface area contributed by atoms with E-state index in [-0.39, 0.29) is 48.9 Å². The summed E-state index contributed by atoms with van der Waals surface area (Å²) in [5.74, 6) is 0. The van der Waals surface area contributed by atoms with Crippen LogP contribution in [0.25, 0.3) is 0 Å². The van der Waals surface area contributed by atoms with Crippen LogP contribution in [0, 0.1) is 0 Å². The van der Waals surface area contributed by atoms with Crippen molar-refractivity contribution >= 4 is 130 Å². The molecule has 0 unspecified atom stereocenters. The SMILES string of the molecule is S=C([S-])N(c1ccccc1)c1ccccc1.S=C([S-])N(c1ccccc1)c1ccccc1.[Ba+2]. The summed E-state index contributed by atoms with van der Waals surface area (Å²) in [6, 6.07) is 39.6. The molecule has 2 nitrogen and oxygen atoms in total. The Labute approximate surface area is 257 Å². The minimum absolute atomic E-state index is 0. The van der Waals surface area contributed by atoms with E-state index in [1.807, 2.05) is 131 Å². The van der Waals surface area contributed by atoms with Gasteiger partial charge in [0, 0.05) is 22.7 Å². The van der Waals surface area contributed by atoms with Crippen LogP contribution in [0.3, 0.4) is 0 Å². The van der Waals surface area contributed by atoms with Gasteiger partial charge in [-0.25, -0.2) is 0 Å². The molecule has 0 spiro atoms. The van der Waals surface area contributed by atoms with Crippen LogP contribution < -0.4 is 9.80 Å². The number of benzene rings is 4. The number of rotatable bonds is 4. The molecule has 0 aromatic heterocycles. The first kappa shape index (κ1) is 27.9. The second-order valence-corrected chi connectivity index (χ2v) is 8.61. The molecule has 0 bridgehead atoms. The molecule has 0 atom stereocenters. The molecule has 0 aliphatic rings. The number of anilines is 4. The number of hydrogen-bond acceptors (Lipinski definition) is 4. The molecular formula is C26H20BaN2S4. The smallest absolute Gasteiger partial charge is 0.411 e. The first-order valence-electron chi connectivity index (χ1n) is 9.80. The molecular weight excluding hydrogens is 606 g/mol. The van der Waals surface area contributed by atoms with Crippen molar-refractivity contribution in [3.63, 3.8) is 0 Å². The minimum atomic E-state index is 0. The van der Waals surface area contributed by atoms with Crippen LogP contribution >= 0.6 is 24.4 Å². The number of hydrogen-bond donors (Lipinski definition) is 0. The third-order valence-electron chi connectivity index (χ3n) is 4.42. The number of thiocarbonyl (C=S) groups is 2. The summed E-state index contributed by atoms with van der Waals surface area (Å²) in [5.41, 5.74) is 3.98. The van der Waals surface area contributed by atoms with Crippen molar-refractivity contribution in [1.82, 2.24) is 0 Å². The minimum Gasteiger partial charge on any atom is -0.411 e. The van der Waals surface area contributed by atoms with Crippen LogP contribution in [0.1, 0.15) is 0 Å². The van der Waals surface area contributed by atoms with E-state index in [4.69, 9.17) is 49.7 Å². The number of nitrogens with zero attached hydrogens (tertiary/aromatic N) is 2. The van der Waals surface area contributed by atoms with Gasteiger partial charge < -0.3 is 59.5 Å². The Bertz CT molecular complexity index is 956. The van der Waals surface area contributed by atoms with Crippen molar-refractivity contribution in [2.75, 3.05) is 9.80 Å². The summed E-state index contributed by atoms with van der Waals surface area (Å²) in [7, 11) is 0. The molecule has 0 saturated heterocycles. The summed E-state index contributed by atoms with van der Waals surface area (Å²) in [6.45, 7) is 0. The molecule has 0 heterocycles. The predicted molar refractivity (Wildman–Crippen MR) is 156 cm³/mol. The Morgan fingerprint density at radius 3 is 0.758 bits per heavy atom. The zero-order valence-corrected chi connectivity index (χ0v) is 25.5. The fourth-order valence-corrected chi connectivity index (χ4v) is 3.87. The maximum Gasteiger partial charge on any atom is 2.00 e. The normalized spacial score (nSPS) is 9.45. The second kappa shape index (κ2) is 14.8. The van der Waals surface area contributed by atoms with Crippen LogP contribution in [-0.4, -0.2) is 57.5 Å². The Morgan fingerprint density at radius 2 is 0.606 bits per heavy atom. The van der Waals surface area contributed by atoms with Crippen LogP contribution in [0.15, 0.2) is 121 Å². The van der Waals surface area contributed by atoms with Crippen LogP contribution in [-0.2, 0) is 25.3 Å². The average molecular weight is 626 g/mol. The van der Waals surface area contributed by atoms with Gasteiger partial charge in [0.1, 0.15) is 0 Å². The largest absolute Gasteiger partial charge is 2.00 e. The molecule has 0 aliphatic carbocycles. The molecule has 7 heteroatoms. The quantitative estimate of drug-likeness (QED) is 0.137. The van der Waals surface area contributed by atoms with Gasteiger partial charge in [-0.3, -0.25) is 0 Å². The van der Waals surface area contributed by atoms with Crippen molar-refractivity contribution in [3.05, 3.63) is 121 Å². The van der Waals surface area contributed by atoms with Gasteiger partial charge in [-0.15, -0.1) is 0 Å². The van der Waals surface area contributed by atoms with Gasteiger partial charge in [-0.1, -0.05) is 81.4 Å². The molecule has 0 amide bonds. The zero-order chi connectivity index (χ0) is 22.8. The Balaban J connectivity index is 0.000000227. The van der Waals surface area contributed by atoms with Gasteiger partial charge in [0.2, 0.25) is 0 Å². The Kier molecular flexibility index (Phi) is 12.5. The molecule has 0 fully saturated rings. The maximum absolute atomic E-state index is 5.12. The summed E-state index contributed by atoms with van der Waals surface area (Å²) < 4.78 is 0.856. The third-order valence-corrected chi connectivity index (χ3v) is 5.15. The first-order valence-corrected chi connectivity index (χ1v) is 11.4. The van der Waals surface area contributed by atoms with Crippen molar-refractivity contribution in [3.8, 4) is 0 Å². The standard InChI is InChI=1S/2C13H11NS2.Ba/c2*15-13(16)14(11-7-3-1-4-8-11)12-9-5-2-6-10-12;/h2*1-10H,(H,15,16);/q;;+2/p-2. The van der Waals surface area contributed by atoms with Crippen LogP contribution in [0.4, 0.5) is 22.7 Å². The molecule has 4 aromatic rings. The first-order chi connectivity index (χ1) is 15.6. The third kappa shape index (κ3) is 8.44. The fraction of sp³-hybridized carbons (Fsp3) is 0. The molecule has 0 radical (unpaired) electrons. The zero-order valence-electron chi connectivity index (χ0n) is 17.8. The average Bonchev–Trinajstić information content (AvgIpc) is 2.82. The van der Waals surface area contributed by atoms with Gasteiger partial charge in [-0.05, 0) is 48.5 Å². The predicted octanol–water partition coefficient (Wildman–Crippen LogP) is 6.93. The Morgan fingerprint density at radius 1 is 0.424 bits per heavy atom. The monoisotopic (exact) mass is 626 g/mol. The summed E-state index contributed by atoms with van der Waals surface area (Å²) in [6.07, 6.45) is 0. The molecule has 0 saturated carbocycles. The van der Waals surface area contributed by atoms with E-state index in [0.717, 1.165) is 22.7 Å². The van der Waals surface area contributed by atoms with E-state index in [0.29, 0.717) is 8.64 Å². The Hall–Kier alpha value is -1.33. The summed E-state index contributed by atoms with van der Waals surface area (Å²) in [5, 5.41) is 0. The van der Waals surface area contributed by atoms with Gasteiger partial charge in [-0.2, -0.15) is 0 Å². The molecule has 160 valence electrons. The van der Waals surface area contributed by atoms with Crippen molar-refractivity contribution in [2.45, 2.75) is 0 Å². The van der Waals surface area contributed by atoms with E-state index < -0.39 is 0 Å². The molecule has 4 aromatic carbocycles. The van der Waals surface area contributed by atoms with Gasteiger partial charge >= 0.3 is 48.9 Å². The van der Waals surface area contributed by atoms with Gasteiger partial charge in [0.25, 0.3) is 0 Å². The molecule has 4 rings (SSSR count). The molecule has 0 N–H and O–H groups in total. The van der Waals surface area contributed by atoms with Crippen molar-refractivity contribution < 1.29 is 0 Å². The van der Waals surface area contributed by atoms with Crippen molar-refractivity contribution in [2.24, 2.45) is 0 Å². The van der Waals surface area contributed by atoms with E-state index in [1.165, 1.54) is 0 Å². The van der Waals surface area contributed by atoms with E-state index >= 15 is 0 Å². The summed E-state index contributed by atoms with van der Waals surface area (Å²) in [4.78, 5) is 3.76. The molecule has 0 aliphatic heterocycles. The van der Waals surface area contributed by atoms with Crippen LogP contribution in [0.2, 0.25) is 0 Å².